The van der Waals surface area contributed by atoms with Crippen molar-refractivity contribution in [1.82, 2.24) is 0 Å². The van der Waals surface area contributed by atoms with Gasteiger partial charge in [-0.25, -0.2) is 0 Å². The van der Waals surface area contributed by atoms with Crippen LogP contribution >= 0.6 is 0 Å². The smallest absolute Gasteiger partial charge is 0.0178 e. The molecule has 0 aliphatic heterocycles. The van der Waals surface area contributed by atoms with Gasteiger partial charge in [-0.15, -0.1) is 0 Å². The van der Waals surface area contributed by atoms with Crippen LogP contribution < -0.4 is 0 Å². The van der Waals surface area contributed by atoms with E-state index in [1.807, 2.05) is 0 Å². The number of aryl methyl sites for hydroxylation is 1. The molecule has 0 atom stereocenters. The van der Waals surface area contributed by atoms with E-state index >= 15 is 0 Å². The molecule has 0 N–H and O–H groups in total. The van der Waals surface area contributed by atoms with Crippen molar-refractivity contribution in [2.24, 2.45) is 0 Å². The highest BCUT2D eigenvalue weighted by molar-refractivity contribution is 5.85. The first-order chi connectivity index (χ1) is 6.81. The summed E-state index contributed by atoms with van der Waals surface area (Å²) in [6, 6.07) is 13.0. The molecule has 14 heavy (non-hydrogen) atoms. The Labute approximate surface area is 84.9 Å². The number of hydrogen-bond acceptors (Lipinski definition) is 0. The van der Waals surface area contributed by atoms with Crippen molar-refractivity contribution in [3.63, 3.8) is 0 Å². The Hall–Kier alpha value is -1.56. The molecule has 0 saturated heterocycles. The third-order valence-electron chi connectivity index (χ3n) is 2.48. The Morgan fingerprint density at radius 1 is 1.00 bits per heavy atom. The minimum Gasteiger partial charge on any atom is -0.0871 e. The van der Waals surface area contributed by atoms with E-state index in [2.05, 4.69) is 62.4 Å². The molecule has 0 spiro atoms. The zero-order valence-electron chi connectivity index (χ0n) is 8.62. The molecule has 0 aliphatic rings. The second-order valence-corrected chi connectivity index (χ2v) is 3.56. The Morgan fingerprint density at radius 2 is 1.64 bits per heavy atom. The Bertz CT molecular complexity index is 478. The van der Waals surface area contributed by atoms with Gasteiger partial charge in [-0.1, -0.05) is 42.5 Å². The van der Waals surface area contributed by atoms with Crippen LogP contribution in [-0.4, -0.2) is 0 Å². The molecule has 0 amide bonds. The van der Waals surface area contributed by atoms with Crippen molar-refractivity contribution >= 4 is 16.8 Å². The summed E-state index contributed by atoms with van der Waals surface area (Å²) >= 11 is 0. The van der Waals surface area contributed by atoms with Crippen molar-refractivity contribution in [1.29, 1.82) is 0 Å². The summed E-state index contributed by atoms with van der Waals surface area (Å²) in [5.41, 5.74) is 2.65. The van der Waals surface area contributed by atoms with Crippen LogP contribution in [0.2, 0.25) is 0 Å². The zero-order chi connectivity index (χ0) is 9.97. The standard InChI is InChI=1S/C14H14/c1-3-6-12-10-14-8-5-4-7-13(14)9-11(12)2/h3-10H,1-2H3/b6-3-. The van der Waals surface area contributed by atoms with Crippen LogP contribution in [-0.2, 0) is 0 Å². The molecule has 0 heteroatoms. The number of rotatable bonds is 1. The largest absolute Gasteiger partial charge is 0.0871 e. The van der Waals surface area contributed by atoms with Gasteiger partial charge in [0.15, 0.2) is 0 Å². The maximum Gasteiger partial charge on any atom is -0.0178 e. The average Bonchev–Trinajstić information content (AvgIpc) is 2.19. The van der Waals surface area contributed by atoms with Crippen LogP contribution in [0.15, 0.2) is 42.5 Å². The second kappa shape index (κ2) is 3.67. The summed E-state index contributed by atoms with van der Waals surface area (Å²) in [5, 5.41) is 2.63. The monoisotopic (exact) mass is 182 g/mol. The minimum absolute atomic E-state index is 1.31. The molecular weight excluding hydrogens is 168 g/mol. The molecule has 0 bridgehead atoms. The van der Waals surface area contributed by atoms with Crippen molar-refractivity contribution < 1.29 is 0 Å². The maximum absolute atomic E-state index is 2.24. The SMILES string of the molecule is C/C=C\c1cc2ccccc2cc1C. The normalized spacial score (nSPS) is 11.3. The van der Waals surface area contributed by atoms with E-state index < -0.39 is 0 Å². The molecule has 0 radical (unpaired) electrons. The summed E-state index contributed by atoms with van der Waals surface area (Å²) in [6.45, 7) is 4.20. The molecule has 0 unspecified atom stereocenters. The van der Waals surface area contributed by atoms with Crippen molar-refractivity contribution in [2.45, 2.75) is 13.8 Å². The third kappa shape index (κ3) is 1.56. The molecular formula is C14H14. The number of hydrogen-bond donors (Lipinski definition) is 0. The second-order valence-electron chi connectivity index (χ2n) is 3.56. The van der Waals surface area contributed by atoms with Crippen molar-refractivity contribution in [3.8, 4) is 0 Å². The van der Waals surface area contributed by atoms with Gasteiger partial charge in [-0.05, 0) is 41.8 Å². The van der Waals surface area contributed by atoms with E-state index in [4.69, 9.17) is 0 Å². The number of allylic oxidation sites excluding steroid dienone is 1. The summed E-state index contributed by atoms with van der Waals surface area (Å²) in [4.78, 5) is 0. The van der Waals surface area contributed by atoms with Gasteiger partial charge < -0.3 is 0 Å². The van der Waals surface area contributed by atoms with Crippen LogP contribution in [0.5, 0.6) is 0 Å². The van der Waals surface area contributed by atoms with Gasteiger partial charge in [0.05, 0.1) is 0 Å². The lowest BCUT2D eigenvalue weighted by molar-refractivity contribution is 1.47. The fourth-order valence-electron chi connectivity index (χ4n) is 1.73. The molecule has 0 nitrogen and oxygen atoms in total. The topological polar surface area (TPSA) is 0 Å². The fraction of sp³-hybridized carbons (Fsp3) is 0.143. The predicted octanol–water partition coefficient (Wildman–Crippen LogP) is 4.18. The van der Waals surface area contributed by atoms with Gasteiger partial charge in [-0.2, -0.15) is 0 Å². The molecule has 0 aromatic heterocycles. The highest BCUT2D eigenvalue weighted by atomic mass is 14.0. The lowest BCUT2D eigenvalue weighted by Gasteiger charge is -2.03. The quantitative estimate of drug-likeness (QED) is 0.620. The van der Waals surface area contributed by atoms with E-state index in [9.17, 15) is 0 Å². The first-order valence-corrected chi connectivity index (χ1v) is 4.93. The van der Waals surface area contributed by atoms with Gasteiger partial charge in [0, 0.05) is 0 Å². The molecule has 0 aliphatic carbocycles. The summed E-state index contributed by atoms with van der Waals surface area (Å²) in [5.74, 6) is 0. The van der Waals surface area contributed by atoms with Crippen LogP contribution in [0.1, 0.15) is 18.1 Å². The number of fused-ring (bicyclic) bond motifs is 1. The van der Waals surface area contributed by atoms with Gasteiger partial charge in [0.1, 0.15) is 0 Å². The lowest BCUT2D eigenvalue weighted by atomic mass is 10.0. The summed E-state index contributed by atoms with van der Waals surface area (Å²) < 4.78 is 0. The van der Waals surface area contributed by atoms with Gasteiger partial charge >= 0.3 is 0 Å². The average molecular weight is 182 g/mol. The van der Waals surface area contributed by atoms with Crippen molar-refractivity contribution in [3.05, 3.63) is 53.6 Å². The van der Waals surface area contributed by atoms with E-state index in [0.717, 1.165) is 0 Å². The van der Waals surface area contributed by atoms with Gasteiger partial charge in [0.25, 0.3) is 0 Å². The van der Waals surface area contributed by atoms with Crippen LogP contribution in [0.3, 0.4) is 0 Å². The van der Waals surface area contributed by atoms with Crippen LogP contribution in [0.25, 0.3) is 16.8 Å². The molecule has 0 saturated carbocycles. The number of benzene rings is 2. The minimum atomic E-state index is 1.31. The predicted molar refractivity (Wildman–Crippen MR) is 63.4 cm³/mol. The highest BCUT2D eigenvalue weighted by Crippen LogP contribution is 2.20. The Morgan fingerprint density at radius 3 is 2.29 bits per heavy atom. The van der Waals surface area contributed by atoms with Crippen molar-refractivity contribution in [2.75, 3.05) is 0 Å². The summed E-state index contributed by atoms with van der Waals surface area (Å²) in [6.07, 6.45) is 4.23. The Balaban J connectivity index is 2.70. The molecule has 0 fully saturated rings. The fourth-order valence-corrected chi connectivity index (χ4v) is 1.73. The Kier molecular flexibility index (Phi) is 2.36. The maximum atomic E-state index is 2.24. The molecule has 2 aromatic rings. The van der Waals surface area contributed by atoms with E-state index in [1.165, 1.54) is 21.9 Å². The van der Waals surface area contributed by atoms with E-state index in [-0.39, 0.29) is 0 Å². The first-order valence-electron chi connectivity index (χ1n) is 4.93. The molecule has 2 aromatic carbocycles. The van der Waals surface area contributed by atoms with E-state index in [0.29, 0.717) is 0 Å². The van der Waals surface area contributed by atoms with E-state index in [1.54, 1.807) is 0 Å². The molecule has 2 rings (SSSR count). The van der Waals surface area contributed by atoms with Crippen LogP contribution in [0, 0.1) is 6.92 Å². The third-order valence-corrected chi connectivity index (χ3v) is 2.48. The lowest BCUT2D eigenvalue weighted by Crippen LogP contribution is -1.81. The highest BCUT2D eigenvalue weighted by Gasteiger charge is 1.97. The molecule has 70 valence electrons. The van der Waals surface area contributed by atoms with Crippen LogP contribution in [0.4, 0.5) is 0 Å². The summed E-state index contributed by atoms with van der Waals surface area (Å²) in [7, 11) is 0. The zero-order valence-corrected chi connectivity index (χ0v) is 8.62. The van der Waals surface area contributed by atoms with Gasteiger partial charge in [0.2, 0.25) is 0 Å². The first kappa shape index (κ1) is 9.01. The van der Waals surface area contributed by atoms with Gasteiger partial charge in [-0.3, -0.25) is 0 Å². The molecule has 0 heterocycles.